The molecule has 2 heterocycles. The van der Waals surface area contributed by atoms with Gasteiger partial charge in [0, 0.05) is 6.57 Å². The highest BCUT2D eigenvalue weighted by molar-refractivity contribution is 5.82. The third-order valence-corrected chi connectivity index (χ3v) is 1.94. The molecule has 0 saturated heterocycles. The summed E-state index contributed by atoms with van der Waals surface area (Å²) in [7, 11) is 0. The van der Waals surface area contributed by atoms with E-state index in [2.05, 4.69) is 26.5 Å². The Morgan fingerprint density at radius 3 is 2.47 bits per heavy atom. The summed E-state index contributed by atoms with van der Waals surface area (Å²) in [5.41, 5.74) is 3.17. The first-order valence-electron chi connectivity index (χ1n) is 4.25. The van der Waals surface area contributed by atoms with Gasteiger partial charge in [0.1, 0.15) is 0 Å². The van der Waals surface area contributed by atoms with Crippen molar-refractivity contribution in [3.63, 3.8) is 0 Å². The Kier molecular flexibility index (Phi) is 2.25. The van der Waals surface area contributed by atoms with Gasteiger partial charge in [-0.2, -0.15) is 0 Å². The topological polar surface area (TPSA) is 78.2 Å². The largest absolute Gasteiger partial charge is 0.328 e. The molecular formula is C10H7N5. The molecule has 2 aromatic heterocycles. The predicted molar refractivity (Wildman–Crippen MR) is 55.9 cm³/mol. The van der Waals surface area contributed by atoms with Crippen LogP contribution in [0.4, 0.5) is 0 Å². The van der Waals surface area contributed by atoms with Crippen molar-refractivity contribution in [2.45, 2.75) is 0 Å². The lowest BCUT2D eigenvalue weighted by Gasteiger charge is -1.93. The number of rotatable bonds is 0. The minimum Gasteiger partial charge on any atom is -0.328 e. The Labute approximate surface area is 85.4 Å². The van der Waals surface area contributed by atoms with Gasteiger partial charge >= 0.3 is 0 Å². The van der Waals surface area contributed by atoms with Crippen LogP contribution in [0.3, 0.4) is 0 Å². The van der Waals surface area contributed by atoms with Crippen molar-refractivity contribution in [2.75, 3.05) is 0 Å². The van der Waals surface area contributed by atoms with E-state index >= 15 is 0 Å². The fourth-order valence-electron chi connectivity index (χ4n) is 1.33. The van der Waals surface area contributed by atoms with Gasteiger partial charge in [-0.25, -0.2) is 20.2 Å². The number of H-pyrrole nitrogens is 1. The summed E-state index contributed by atoms with van der Waals surface area (Å²) in [6, 6.07) is 7.74. The monoisotopic (exact) mass is 197 g/mol. The third-order valence-electron chi connectivity index (χ3n) is 1.94. The quantitative estimate of drug-likeness (QED) is 0.594. The van der Waals surface area contributed by atoms with Gasteiger partial charge in [-0.15, -0.1) is 0 Å². The van der Waals surface area contributed by atoms with Crippen molar-refractivity contribution >= 4 is 22.3 Å². The predicted octanol–water partition coefficient (Wildman–Crippen LogP) is 1.65. The van der Waals surface area contributed by atoms with Crippen LogP contribution in [-0.2, 0) is 0 Å². The summed E-state index contributed by atoms with van der Waals surface area (Å²) < 4.78 is 0. The van der Waals surface area contributed by atoms with E-state index in [1.165, 1.54) is 0 Å². The molecule has 0 amide bonds. The van der Waals surface area contributed by atoms with Gasteiger partial charge in [0.05, 0.1) is 17.4 Å². The summed E-state index contributed by atoms with van der Waals surface area (Å²) in [6.07, 6.45) is 1.60. The molecule has 1 aromatic carbocycles. The van der Waals surface area contributed by atoms with Crippen LogP contribution in [0.1, 0.15) is 0 Å². The minimum atomic E-state index is 0.665. The maximum absolute atomic E-state index is 6.50. The molecule has 0 radical (unpaired) electrons. The molecule has 15 heavy (non-hydrogen) atoms. The van der Waals surface area contributed by atoms with Crippen LogP contribution in [0.2, 0.25) is 0 Å². The van der Waals surface area contributed by atoms with Crippen molar-refractivity contribution in [2.24, 2.45) is 0 Å². The number of nitriles is 1. The molecule has 0 saturated carbocycles. The van der Waals surface area contributed by atoms with Crippen molar-refractivity contribution in [3.8, 4) is 6.57 Å². The molecule has 3 aromatic rings. The second-order valence-electron chi connectivity index (χ2n) is 2.79. The molecular weight excluding hydrogens is 190 g/mol. The smallest absolute Gasteiger partial charge is 0.197 e. The number of hydrogen-bond donors (Lipinski definition) is 1. The number of hydrogen-bond acceptors (Lipinski definition) is 4. The highest BCUT2D eigenvalue weighted by Gasteiger charge is 2.00. The highest BCUT2D eigenvalue weighted by Crippen LogP contribution is 2.11. The van der Waals surface area contributed by atoms with Gasteiger partial charge in [-0.05, 0) is 12.1 Å². The van der Waals surface area contributed by atoms with Crippen LogP contribution < -0.4 is 0 Å². The lowest BCUT2D eigenvalue weighted by molar-refractivity contribution is 1.32. The molecule has 3 rings (SSSR count). The number of benzene rings is 1. The van der Waals surface area contributed by atoms with E-state index in [9.17, 15) is 0 Å². The summed E-state index contributed by atoms with van der Waals surface area (Å²) >= 11 is 0. The lowest BCUT2D eigenvalue weighted by Crippen LogP contribution is -1.85. The molecule has 1 N–H and O–H groups in total. The molecule has 5 nitrogen and oxygen atoms in total. The van der Waals surface area contributed by atoms with E-state index in [-0.39, 0.29) is 0 Å². The van der Waals surface area contributed by atoms with Crippen LogP contribution in [0.25, 0.3) is 22.3 Å². The lowest BCUT2D eigenvalue weighted by atomic mass is 10.3. The molecule has 0 bridgehead atoms. The van der Waals surface area contributed by atoms with Crippen LogP contribution in [0.5, 0.6) is 0 Å². The first kappa shape index (κ1) is 9.09. The molecule has 0 unspecified atom stereocenters. The van der Waals surface area contributed by atoms with Gasteiger partial charge in [0.15, 0.2) is 11.3 Å². The fraction of sp³-hybridized carbons (Fsp3) is 0. The van der Waals surface area contributed by atoms with Crippen molar-refractivity contribution < 1.29 is 0 Å². The third kappa shape index (κ3) is 1.48. The number of para-hydroxylation sites is 2. The molecule has 0 aliphatic heterocycles. The summed E-state index contributed by atoms with van der Waals surface area (Å²) in [5, 5.41) is 6.50. The molecule has 72 valence electrons. The molecule has 0 aliphatic carbocycles. The Balaban J connectivity index is 0.000000404. The normalized spacial score (nSPS) is 9.73. The Hall–Kier alpha value is -2.48. The summed E-state index contributed by atoms with van der Waals surface area (Å²) in [6.45, 7) is 3.50. The molecule has 5 heteroatoms. The van der Waals surface area contributed by atoms with E-state index in [1.807, 2.05) is 24.3 Å². The number of nitrogens with zero attached hydrogens (tertiary/aromatic N) is 4. The van der Waals surface area contributed by atoms with E-state index < -0.39 is 0 Å². The van der Waals surface area contributed by atoms with Crippen LogP contribution in [0, 0.1) is 11.8 Å². The molecule has 0 aliphatic rings. The number of imidazole rings is 1. The van der Waals surface area contributed by atoms with E-state index in [0.29, 0.717) is 5.65 Å². The average molecular weight is 197 g/mol. The van der Waals surface area contributed by atoms with Crippen LogP contribution >= 0.6 is 0 Å². The summed E-state index contributed by atoms with van der Waals surface area (Å²) in [4.78, 5) is 15.7. The molecule has 0 spiro atoms. The van der Waals surface area contributed by atoms with Crippen molar-refractivity contribution in [1.82, 2.24) is 19.9 Å². The second kappa shape index (κ2) is 3.72. The zero-order chi connectivity index (χ0) is 10.7. The highest BCUT2D eigenvalue weighted by atomic mass is 15.0. The number of nitrogens with one attached hydrogen (secondary N) is 1. The van der Waals surface area contributed by atoms with E-state index in [1.54, 1.807) is 6.33 Å². The van der Waals surface area contributed by atoms with Crippen LogP contribution in [0.15, 0.2) is 30.6 Å². The Morgan fingerprint density at radius 1 is 1.07 bits per heavy atom. The SMILES string of the molecule is C#N.c1ccc2nc3[nH]cnc3nc2c1. The zero-order valence-electron chi connectivity index (χ0n) is 7.75. The number of aromatic amines is 1. The maximum Gasteiger partial charge on any atom is 0.197 e. The second-order valence-corrected chi connectivity index (χ2v) is 2.79. The molecule has 0 atom stereocenters. The van der Waals surface area contributed by atoms with Gasteiger partial charge in [-0.1, -0.05) is 12.1 Å². The van der Waals surface area contributed by atoms with Crippen molar-refractivity contribution in [1.29, 1.82) is 5.26 Å². The first-order chi connectivity index (χ1) is 7.43. The Bertz CT molecular complexity index is 561. The van der Waals surface area contributed by atoms with Gasteiger partial charge in [0.25, 0.3) is 0 Å². The number of aromatic nitrogens is 4. The summed E-state index contributed by atoms with van der Waals surface area (Å²) in [5.74, 6) is 0. The van der Waals surface area contributed by atoms with Gasteiger partial charge in [0.2, 0.25) is 0 Å². The maximum atomic E-state index is 6.50. The standard InChI is InChI=1S/C9H6N4.CHN/c1-2-4-7-6(3-1)12-8-9(13-7)11-5-10-8;1-2/h1-5H,(H,10,11,12,13);1H. The van der Waals surface area contributed by atoms with E-state index in [4.69, 9.17) is 5.26 Å². The number of fused-ring (bicyclic) bond motifs is 2. The average Bonchev–Trinajstić information content (AvgIpc) is 2.75. The Morgan fingerprint density at radius 2 is 1.73 bits per heavy atom. The van der Waals surface area contributed by atoms with Gasteiger partial charge in [-0.3, -0.25) is 0 Å². The van der Waals surface area contributed by atoms with E-state index in [0.717, 1.165) is 16.7 Å². The van der Waals surface area contributed by atoms with Gasteiger partial charge < -0.3 is 4.98 Å². The zero-order valence-corrected chi connectivity index (χ0v) is 7.75. The molecule has 0 fully saturated rings. The fourth-order valence-corrected chi connectivity index (χ4v) is 1.33. The minimum absolute atomic E-state index is 0.665. The van der Waals surface area contributed by atoms with Crippen LogP contribution in [-0.4, -0.2) is 19.9 Å². The van der Waals surface area contributed by atoms with Crippen molar-refractivity contribution in [3.05, 3.63) is 30.6 Å². The first-order valence-corrected chi connectivity index (χ1v) is 4.25.